The lowest BCUT2D eigenvalue weighted by Gasteiger charge is -2.15. The van der Waals surface area contributed by atoms with Crippen molar-refractivity contribution in [2.75, 3.05) is 20.3 Å². The van der Waals surface area contributed by atoms with Gasteiger partial charge in [-0.2, -0.15) is 0 Å². The van der Waals surface area contributed by atoms with Gasteiger partial charge >= 0.3 is 6.03 Å². The number of urea groups is 1. The van der Waals surface area contributed by atoms with Crippen LogP contribution < -0.4 is 20.1 Å². The second-order valence-electron chi connectivity index (χ2n) is 6.03. The molecule has 6 nitrogen and oxygen atoms in total. The number of carbonyl (C=O) groups is 1. The second kappa shape index (κ2) is 10.2. The first-order chi connectivity index (χ1) is 12.6. The van der Waals surface area contributed by atoms with Crippen LogP contribution in [0, 0.1) is 0 Å². The van der Waals surface area contributed by atoms with Gasteiger partial charge in [0.25, 0.3) is 0 Å². The fraction of sp³-hybridized carbons (Fsp3) is 0.350. The molecule has 0 saturated carbocycles. The van der Waals surface area contributed by atoms with E-state index in [0.717, 1.165) is 29.9 Å². The van der Waals surface area contributed by atoms with Gasteiger partial charge in [-0.1, -0.05) is 12.1 Å². The Labute approximate surface area is 154 Å². The fourth-order valence-electron chi connectivity index (χ4n) is 2.40. The smallest absolute Gasteiger partial charge is 0.315 e. The molecule has 0 aromatic heterocycles. The SMILES string of the molecule is COc1ccc(OCCNC(=O)NC(C)CCc2ccc(O)cc2)cc1. The van der Waals surface area contributed by atoms with Crippen molar-refractivity contribution in [3.8, 4) is 17.2 Å². The van der Waals surface area contributed by atoms with E-state index in [1.807, 2.05) is 43.3 Å². The number of aromatic hydroxyl groups is 1. The van der Waals surface area contributed by atoms with Crippen LogP contribution in [-0.2, 0) is 6.42 Å². The van der Waals surface area contributed by atoms with E-state index < -0.39 is 0 Å². The van der Waals surface area contributed by atoms with E-state index in [9.17, 15) is 9.90 Å². The van der Waals surface area contributed by atoms with Crippen LogP contribution in [0.15, 0.2) is 48.5 Å². The zero-order valence-corrected chi connectivity index (χ0v) is 15.2. The summed E-state index contributed by atoms with van der Waals surface area (Å²) in [7, 11) is 1.62. The summed E-state index contributed by atoms with van der Waals surface area (Å²) in [5.74, 6) is 1.77. The molecule has 0 saturated heterocycles. The third-order valence-electron chi connectivity index (χ3n) is 3.90. The molecule has 3 N–H and O–H groups in total. The van der Waals surface area contributed by atoms with Crippen LogP contribution in [0.2, 0.25) is 0 Å². The number of ether oxygens (including phenoxy) is 2. The molecule has 0 heterocycles. The van der Waals surface area contributed by atoms with E-state index in [2.05, 4.69) is 10.6 Å². The number of rotatable bonds is 9. The van der Waals surface area contributed by atoms with Gasteiger partial charge in [-0.25, -0.2) is 4.79 Å². The summed E-state index contributed by atoms with van der Waals surface area (Å²) in [5.41, 5.74) is 1.13. The molecule has 0 fully saturated rings. The van der Waals surface area contributed by atoms with E-state index in [-0.39, 0.29) is 17.8 Å². The topological polar surface area (TPSA) is 79.8 Å². The Kier molecular flexibility index (Phi) is 7.61. The lowest BCUT2D eigenvalue weighted by Crippen LogP contribution is -2.42. The number of phenols is 1. The Hall–Kier alpha value is -2.89. The highest BCUT2D eigenvalue weighted by Crippen LogP contribution is 2.16. The van der Waals surface area contributed by atoms with Gasteiger partial charge in [0.1, 0.15) is 23.9 Å². The van der Waals surface area contributed by atoms with Gasteiger partial charge < -0.3 is 25.2 Å². The van der Waals surface area contributed by atoms with E-state index in [0.29, 0.717) is 13.2 Å². The Balaban J connectivity index is 1.59. The number of phenolic OH excluding ortho intramolecular Hbond substituents is 1. The minimum Gasteiger partial charge on any atom is -0.508 e. The molecule has 2 amide bonds. The van der Waals surface area contributed by atoms with E-state index >= 15 is 0 Å². The largest absolute Gasteiger partial charge is 0.508 e. The predicted molar refractivity (Wildman–Crippen MR) is 101 cm³/mol. The van der Waals surface area contributed by atoms with Gasteiger partial charge in [0, 0.05) is 6.04 Å². The average molecular weight is 358 g/mol. The molecule has 26 heavy (non-hydrogen) atoms. The Morgan fingerprint density at radius 2 is 1.73 bits per heavy atom. The number of benzene rings is 2. The fourth-order valence-corrected chi connectivity index (χ4v) is 2.40. The number of aryl methyl sites for hydroxylation is 1. The number of methoxy groups -OCH3 is 1. The van der Waals surface area contributed by atoms with E-state index in [4.69, 9.17) is 9.47 Å². The third-order valence-corrected chi connectivity index (χ3v) is 3.90. The molecule has 0 aliphatic rings. The number of hydrogen-bond acceptors (Lipinski definition) is 4. The molecule has 6 heteroatoms. The van der Waals surface area contributed by atoms with Crippen LogP contribution >= 0.6 is 0 Å². The number of hydrogen-bond donors (Lipinski definition) is 3. The highest BCUT2D eigenvalue weighted by atomic mass is 16.5. The van der Waals surface area contributed by atoms with Crippen LogP contribution in [0.4, 0.5) is 4.79 Å². The van der Waals surface area contributed by atoms with Gasteiger partial charge in [0.05, 0.1) is 13.7 Å². The van der Waals surface area contributed by atoms with Crippen molar-refractivity contribution < 1.29 is 19.4 Å². The molecule has 140 valence electrons. The number of nitrogens with one attached hydrogen (secondary N) is 2. The van der Waals surface area contributed by atoms with Crippen LogP contribution in [-0.4, -0.2) is 37.4 Å². The molecule has 0 aliphatic heterocycles. The first-order valence-corrected chi connectivity index (χ1v) is 8.66. The normalized spacial score (nSPS) is 11.5. The Morgan fingerprint density at radius 3 is 2.38 bits per heavy atom. The van der Waals surface area contributed by atoms with Gasteiger partial charge in [0.2, 0.25) is 0 Å². The van der Waals surface area contributed by atoms with Crippen molar-refractivity contribution in [3.05, 3.63) is 54.1 Å². The molecule has 2 aromatic rings. The van der Waals surface area contributed by atoms with Crippen LogP contribution in [0.5, 0.6) is 17.2 Å². The van der Waals surface area contributed by atoms with Crippen molar-refractivity contribution in [1.82, 2.24) is 10.6 Å². The molecule has 1 unspecified atom stereocenters. The van der Waals surface area contributed by atoms with Crippen molar-refractivity contribution in [2.24, 2.45) is 0 Å². The molecule has 0 aliphatic carbocycles. The standard InChI is InChI=1S/C20H26N2O4/c1-15(3-4-16-5-7-17(23)8-6-16)22-20(24)21-13-14-26-19-11-9-18(25-2)10-12-19/h5-12,15,23H,3-4,13-14H2,1-2H3,(H2,21,22,24). The van der Waals surface area contributed by atoms with Crippen molar-refractivity contribution in [3.63, 3.8) is 0 Å². The van der Waals surface area contributed by atoms with Gasteiger partial charge in [-0.05, 0) is 61.7 Å². The van der Waals surface area contributed by atoms with Crippen LogP contribution in [0.1, 0.15) is 18.9 Å². The molecular weight excluding hydrogens is 332 g/mol. The minimum absolute atomic E-state index is 0.0475. The summed E-state index contributed by atoms with van der Waals surface area (Å²) in [6, 6.07) is 14.3. The van der Waals surface area contributed by atoms with Gasteiger partial charge in [-0.15, -0.1) is 0 Å². The molecule has 0 bridgehead atoms. The summed E-state index contributed by atoms with van der Waals surface area (Å²) < 4.78 is 10.6. The summed E-state index contributed by atoms with van der Waals surface area (Å²) in [6.45, 7) is 2.78. The average Bonchev–Trinajstić information content (AvgIpc) is 2.65. The predicted octanol–water partition coefficient (Wildman–Crippen LogP) is 3.10. The Bertz CT molecular complexity index is 671. The molecule has 1 atom stereocenters. The van der Waals surface area contributed by atoms with Gasteiger partial charge in [0.15, 0.2) is 0 Å². The quantitative estimate of drug-likeness (QED) is 0.602. The lowest BCUT2D eigenvalue weighted by atomic mass is 10.1. The van der Waals surface area contributed by atoms with Crippen molar-refractivity contribution in [1.29, 1.82) is 0 Å². The highest BCUT2D eigenvalue weighted by Gasteiger charge is 2.07. The Morgan fingerprint density at radius 1 is 1.08 bits per heavy atom. The van der Waals surface area contributed by atoms with Crippen LogP contribution in [0.25, 0.3) is 0 Å². The monoisotopic (exact) mass is 358 g/mol. The maximum absolute atomic E-state index is 11.9. The zero-order chi connectivity index (χ0) is 18.8. The molecule has 0 radical (unpaired) electrons. The molecule has 2 aromatic carbocycles. The minimum atomic E-state index is -0.207. The first kappa shape index (κ1) is 19.4. The van der Waals surface area contributed by atoms with E-state index in [1.54, 1.807) is 19.2 Å². The molecule has 2 rings (SSSR count). The van der Waals surface area contributed by atoms with Crippen molar-refractivity contribution in [2.45, 2.75) is 25.8 Å². The first-order valence-electron chi connectivity index (χ1n) is 8.66. The van der Waals surface area contributed by atoms with Gasteiger partial charge in [-0.3, -0.25) is 0 Å². The highest BCUT2D eigenvalue weighted by molar-refractivity contribution is 5.74. The number of amides is 2. The summed E-state index contributed by atoms with van der Waals surface area (Å²) in [5, 5.41) is 15.0. The summed E-state index contributed by atoms with van der Waals surface area (Å²) in [6.07, 6.45) is 1.66. The molecular formula is C20H26N2O4. The summed E-state index contributed by atoms with van der Waals surface area (Å²) >= 11 is 0. The lowest BCUT2D eigenvalue weighted by molar-refractivity contribution is 0.233. The molecule has 0 spiro atoms. The second-order valence-corrected chi connectivity index (χ2v) is 6.03. The maximum atomic E-state index is 11.9. The summed E-state index contributed by atoms with van der Waals surface area (Å²) in [4.78, 5) is 11.9. The van der Waals surface area contributed by atoms with E-state index in [1.165, 1.54) is 0 Å². The third kappa shape index (κ3) is 6.93. The van der Waals surface area contributed by atoms with Crippen molar-refractivity contribution >= 4 is 6.03 Å². The maximum Gasteiger partial charge on any atom is 0.315 e. The zero-order valence-electron chi connectivity index (χ0n) is 15.2. The number of carbonyl (C=O) groups excluding carboxylic acids is 1. The van der Waals surface area contributed by atoms with Crippen LogP contribution in [0.3, 0.4) is 0 Å².